The van der Waals surface area contributed by atoms with Crippen LogP contribution >= 0.6 is 0 Å². The standard InChI is InChI=1S/C27H22N2/c28-25-7-3-5-18-11-15-26(29-27(18)25)20-10-12-22-19(16-20)9-14-23-21-6-2-1-4-17(21)8-13-24(22)23/h3,5,7-16H,1-2,4,6,28H2. The predicted molar refractivity (Wildman–Crippen MR) is 123 cm³/mol. The Bertz CT molecular complexity index is 1420. The summed E-state index contributed by atoms with van der Waals surface area (Å²) in [5.41, 5.74) is 12.9. The van der Waals surface area contributed by atoms with Gasteiger partial charge < -0.3 is 5.73 Å². The lowest BCUT2D eigenvalue weighted by atomic mass is 9.86. The maximum atomic E-state index is 6.15. The number of benzene rings is 4. The van der Waals surface area contributed by atoms with E-state index < -0.39 is 0 Å². The molecular formula is C27H22N2. The van der Waals surface area contributed by atoms with Gasteiger partial charge in [0.05, 0.1) is 16.9 Å². The van der Waals surface area contributed by atoms with Gasteiger partial charge in [-0.05, 0) is 76.6 Å². The number of nitrogens with zero attached hydrogens (tertiary/aromatic N) is 1. The quantitative estimate of drug-likeness (QED) is 0.263. The number of aromatic nitrogens is 1. The minimum atomic E-state index is 0.723. The number of anilines is 1. The zero-order valence-corrected chi connectivity index (χ0v) is 16.3. The molecule has 4 aromatic carbocycles. The van der Waals surface area contributed by atoms with E-state index in [0.717, 1.165) is 27.8 Å². The number of nitrogens with two attached hydrogens (primary N) is 1. The Labute approximate surface area is 170 Å². The Kier molecular flexibility index (Phi) is 3.60. The van der Waals surface area contributed by atoms with Crippen LogP contribution < -0.4 is 5.73 Å². The minimum absolute atomic E-state index is 0.723. The molecule has 0 amide bonds. The summed E-state index contributed by atoms with van der Waals surface area (Å²) in [7, 11) is 0. The normalized spacial score (nSPS) is 13.8. The third-order valence-electron chi connectivity index (χ3n) is 6.40. The maximum absolute atomic E-state index is 6.15. The lowest BCUT2D eigenvalue weighted by molar-refractivity contribution is 0.690. The van der Waals surface area contributed by atoms with Gasteiger partial charge in [-0.15, -0.1) is 0 Å². The molecule has 1 aromatic heterocycles. The molecule has 0 fully saturated rings. The van der Waals surface area contributed by atoms with Gasteiger partial charge in [0.15, 0.2) is 0 Å². The Morgan fingerprint density at radius 2 is 1.52 bits per heavy atom. The first-order valence-electron chi connectivity index (χ1n) is 10.4. The highest BCUT2D eigenvalue weighted by atomic mass is 14.7. The first-order valence-corrected chi connectivity index (χ1v) is 10.4. The molecular weight excluding hydrogens is 352 g/mol. The summed E-state index contributed by atoms with van der Waals surface area (Å²) in [5, 5.41) is 6.45. The summed E-state index contributed by atoms with van der Waals surface area (Å²) in [6, 6.07) is 26.1. The summed E-state index contributed by atoms with van der Waals surface area (Å²) in [6.45, 7) is 0. The molecule has 2 nitrogen and oxygen atoms in total. The molecule has 5 aromatic rings. The van der Waals surface area contributed by atoms with Gasteiger partial charge in [0.1, 0.15) is 0 Å². The fourth-order valence-electron chi connectivity index (χ4n) is 4.89. The molecule has 0 saturated carbocycles. The van der Waals surface area contributed by atoms with Crippen LogP contribution in [-0.4, -0.2) is 4.98 Å². The van der Waals surface area contributed by atoms with Crippen LogP contribution in [0.2, 0.25) is 0 Å². The number of fused-ring (bicyclic) bond motifs is 6. The molecule has 2 heteroatoms. The molecule has 1 heterocycles. The van der Waals surface area contributed by atoms with Crippen LogP contribution in [0, 0.1) is 0 Å². The van der Waals surface area contributed by atoms with E-state index in [9.17, 15) is 0 Å². The second kappa shape index (κ2) is 6.31. The van der Waals surface area contributed by atoms with Gasteiger partial charge in [-0.25, -0.2) is 4.98 Å². The van der Waals surface area contributed by atoms with Crippen LogP contribution in [-0.2, 0) is 12.8 Å². The summed E-state index contributed by atoms with van der Waals surface area (Å²) >= 11 is 0. The van der Waals surface area contributed by atoms with Gasteiger partial charge >= 0.3 is 0 Å². The highest BCUT2D eigenvalue weighted by Gasteiger charge is 2.14. The molecule has 0 aliphatic heterocycles. The third-order valence-corrected chi connectivity index (χ3v) is 6.40. The minimum Gasteiger partial charge on any atom is -0.397 e. The lowest BCUT2D eigenvalue weighted by Crippen LogP contribution is -2.03. The molecule has 2 N–H and O–H groups in total. The monoisotopic (exact) mass is 374 g/mol. The second-order valence-electron chi connectivity index (χ2n) is 8.12. The Morgan fingerprint density at radius 1 is 0.690 bits per heavy atom. The highest BCUT2D eigenvalue weighted by Crippen LogP contribution is 2.35. The first-order chi connectivity index (χ1) is 14.3. The Morgan fingerprint density at radius 3 is 2.48 bits per heavy atom. The Balaban J connectivity index is 1.53. The molecule has 0 unspecified atom stereocenters. The zero-order chi connectivity index (χ0) is 19.4. The van der Waals surface area contributed by atoms with Crippen LogP contribution in [0.4, 0.5) is 5.69 Å². The summed E-state index contributed by atoms with van der Waals surface area (Å²) in [6.07, 6.45) is 5.05. The van der Waals surface area contributed by atoms with Crippen molar-refractivity contribution in [2.24, 2.45) is 0 Å². The zero-order valence-electron chi connectivity index (χ0n) is 16.3. The number of nitrogen functional groups attached to an aromatic ring is 1. The average molecular weight is 374 g/mol. The fourth-order valence-corrected chi connectivity index (χ4v) is 4.89. The summed E-state index contributed by atoms with van der Waals surface area (Å²) < 4.78 is 0. The van der Waals surface area contributed by atoms with E-state index in [-0.39, 0.29) is 0 Å². The van der Waals surface area contributed by atoms with E-state index in [2.05, 4.69) is 60.7 Å². The van der Waals surface area contributed by atoms with Crippen molar-refractivity contribution in [1.82, 2.24) is 4.98 Å². The van der Waals surface area contributed by atoms with Gasteiger partial charge in [0.25, 0.3) is 0 Å². The molecule has 0 spiro atoms. The van der Waals surface area contributed by atoms with Crippen molar-refractivity contribution in [3.05, 3.63) is 83.9 Å². The van der Waals surface area contributed by atoms with E-state index in [1.54, 1.807) is 5.56 Å². The van der Waals surface area contributed by atoms with Gasteiger partial charge in [0, 0.05) is 10.9 Å². The summed E-state index contributed by atoms with van der Waals surface area (Å²) in [4.78, 5) is 4.85. The number of aryl methyl sites for hydroxylation is 2. The predicted octanol–water partition coefficient (Wildman–Crippen LogP) is 6.67. The van der Waals surface area contributed by atoms with Crippen LogP contribution in [0.3, 0.4) is 0 Å². The highest BCUT2D eigenvalue weighted by molar-refractivity contribution is 6.09. The second-order valence-corrected chi connectivity index (χ2v) is 8.12. The molecule has 140 valence electrons. The van der Waals surface area contributed by atoms with Crippen LogP contribution in [0.15, 0.2) is 72.8 Å². The maximum Gasteiger partial charge on any atom is 0.0938 e. The van der Waals surface area contributed by atoms with Crippen molar-refractivity contribution in [1.29, 1.82) is 0 Å². The molecule has 29 heavy (non-hydrogen) atoms. The molecule has 0 radical (unpaired) electrons. The van der Waals surface area contributed by atoms with Crippen molar-refractivity contribution in [3.8, 4) is 11.3 Å². The largest absolute Gasteiger partial charge is 0.397 e. The molecule has 0 bridgehead atoms. The SMILES string of the molecule is Nc1cccc2ccc(-c3ccc4c(ccc5c6c(ccc54)CCCC6)c3)nc12. The number of pyridine rings is 1. The molecule has 1 aliphatic carbocycles. The third kappa shape index (κ3) is 2.60. The number of hydrogen-bond donors (Lipinski definition) is 1. The number of para-hydroxylation sites is 1. The molecule has 0 atom stereocenters. The van der Waals surface area contributed by atoms with Gasteiger partial charge in [-0.1, -0.05) is 54.6 Å². The molecule has 0 saturated heterocycles. The topological polar surface area (TPSA) is 38.9 Å². The number of rotatable bonds is 1. The van der Waals surface area contributed by atoms with Crippen LogP contribution in [0.25, 0.3) is 43.7 Å². The molecule has 1 aliphatic rings. The fraction of sp³-hybridized carbons (Fsp3) is 0.148. The van der Waals surface area contributed by atoms with E-state index in [1.165, 1.54) is 52.8 Å². The smallest absolute Gasteiger partial charge is 0.0938 e. The molecule has 6 rings (SSSR count). The van der Waals surface area contributed by atoms with Crippen molar-refractivity contribution >= 4 is 38.1 Å². The van der Waals surface area contributed by atoms with Crippen molar-refractivity contribution in [3.63, 3.8) is 0 Å². The number of hydrogen-bond acceptors (Lipinski definition) is 2. The Hall–Kier alpha value is -3.39. The van der Waals surface area contributed by atoms with Gasteiger partial charge in [-0.3, -0.25) is 0 Å². The van der Waals surface area contributed by atoms with Crippen LogP contribution in [0.5, 0.6) is 0 Å². The van der Waals surface area contributed by atoms with E-state index >= 15 is 0 Å². The summed E-state index contributed by atoms with van der Waals surface area (Å²) in [5.74, 6) is 0. The van der Waals surface area contributed by atoms with E-state index in [1.807, 2.05) is 12.1 Å². The van der Waals surface area contributed by atoms with Gasteiger partial charge in [0.2, 0.25) is 0 Å². The average Bonchev–Trinajstić information content (AvgIpc) is 2.78. The van der Waals surface area contributed by atoms with Crippen molar-refractivity contribution < 1.29 is 0 Å². The van der Waals surface area contributed by atoms with E-state index in [0.29, 0.717) is 0 Å². The van der Waals surface area contributed by atoms with Crippen LogP contribution in [0.1, 0.15) is 24.0 Å². The van der Waals surface area contributed by atoms with Crippen molar-refractivity contribution in [2.75, 3.05) is 5.73 Å². The van der Waals surface area contributed by atoms with E-state index in [4.69, 9.17) is 10.7 Å². The van der Waals surface area contributed by atoms with Crippen molar-refractivity contribution in [2.45, 2.75) is 25.7 Å². The van der Waals surface area contributed by atoms with Gasteiger partial charge in [-0.2, -0.15) is 0 Å². The lowest BCUT2D eigenvalue weighted by Gasteiger charge is -2.19. The first kappa shape index (κ1) is 16.6.